The van der Waals surface area contributed by atoms with E-state index in [0.29, 0.717) is 5.56 Å². The van der Waals surface area contributed by atoms with Gasteiger partial charge < -0.3 is 10.6 Å². The third-order valence-electron chi connectivity index (χ3n) is 4.50. The zero-order valence-electron chi connectivity index (χ0n) is 15.7. The van der Waals surface area contributed by atoms with Crippen LogP contribution in [-0.2, 0) is 17.9 Å². The van der Waals surface area contributed by atoms with Crippen LogP contribution in [0.25, 0.3) is 10.9 Å². The highest BCUT2D eigenvalue weighted by atomic mass is 19.4. The third kappa shape index (κ3) is 5.15. The van der Waals surface area contributed by atoms with Crippen molar-refractivity contribution in [3.05, 3.63) is 81.0 Å². The summed E-state index contributed by atoms with van der Waals surface area (Å²) in [6.45, 7) is -1.25. The summed E-state index contributed by atoms with van der Waals surface area (Å²) in [5.74, 6) is -0.787. The standard InChI is InChI=1S/C20H19F3N4O3/c21-20(22,23)16(24-10-13-6-2-1-3-7-13)11-25-17(28)12-27-15-9-5-4-8-14(15)18(29)26-19(27)30/h1-9,16,24H,10-12H2,(H,25,28)(H,26,29,30). The minimum absolute atomic E-state index is 0.0229. The van der Waals surface area contributed by atoms with E-state index in [-0.39, 0.29) is 17.4 Å². The van der Waals surface area contributed by atoms with E-state index in [9.17, 15) is 27.6 Å². The Morgan fingerprint density at radius 3 is 2.40 bits per heavy atom. The second-order valence-corrected chi connectivity index (χ2v) is 6.63. The van der Waals surface area contributed by atoms with E-state index in [2.05, 4.69) is 15.6 Å². The molecule has 7 nitrogen and oxygen atoms in total. The van der Waals surface area contributed by atoms with E-state index in [1.165, 1.54) is 12.1 Å². The first-order valence-electron chi connectivity index (χ1n) is 9.08. The molecule has 0 aliphatic rings. The van der Waals surface area contributed by atoms with Gasteiger partial charge in [0.1, 0.15) is 12.6 Å². The van der Waals surface area contributed by atoms with Crippen molar-refractivity contribution >= 4 is 16.8 Å². The van der Waals surface area contributed by atoms with Crippen LogP contribution in [0.2, 0.25) is 0 Å². The lowest BCUT2D eigenvalue weighted by Crippen LogP contribution is -2.50. The van der Waals surface area contributed by atoms with Crippen LogP contribution in [0.5, 0.6) is 0 Å². The van der Waals surface area contributed by atoms with Crippen LogP contribution in [0, 0.1) is 0 Å². The number of hydrogen-bond donors (Lipinski definition) is 3. The number of alkyl halides is 3. The molecule has 0 aliphatic carbocycles. The zero-order valence-corrected chi connectivity index (χ0v) is 15.7. The molecule has 30 heavy (non-hydrogen) atoms. The second kappa shape index (κ2) is 8.95. The first-order valence-corrected chi connectivity index (χ1v) is 9.08. The molecule has 0 fully saturated rings. The fourth-order valence-electron chi connectivity index (χ4n) is 2.96. The maximum Gasteiger partial charge on any atom is 0.405 e. The zero-order chi connectivity index (χ0) is 21.7. The maximum atomic E-state index is 13.3. The van der Waals surface area contributed by atoms with Crippen molar-refractivity contribution in [2.45, 2.75) is 25.3 Å². The lowest BCUT2D eigenvalue weighted by atomic mass is 10.2. The molecule has 10 heteroatoms. The lowest BCUT2D eigenvalue weighted by Gasteiger charge is -2.22. The summed E-state index contributed by atoms with van der Waals surface area (Å²) >= 11 is 0. The Labute approximate surface area is 168 Å². The number of nitrogens with zero attached hydrogens (tertiary/aromatic N) is 1. The van der Waals surface area contributed by atoms with E-state index in [4.69, 9.17) is 0 Å². The molecular weight excluding hydrogens is 401 g/mol. The van der Waals surface area contributed by atoms with Crippen LogP contribution in [0.3, 0.4) is 0 Å². The van der Waals surface area contributed by atoms with Gasteiger partial charge in [0.2, 0.25) is 5.91 Å². The number of fused-ring (bicyclic) bond motifs is 1. The van der Waals surface area contributed by atoms with Gasteiger partial charge in [0.05, 0.1) is 10.9 Å². The Balaban J connectivity index is 1.68. The normalized spacial score (nSPS) is 12.6. The van der Waals surface area contributed by atoms with Gasteiger partial charge in [0, 0.05) is 13.1 Å². The minimum atomic E-state index is -4.58. The molecule has 0 bridgehead atoms. The van der Waals surface area contributed by atoms with Gasteiger partial charge >= 0.3 is 11.9 Å². The molecule has 2 aromatic carbocycles. The topological polar surface area (TPSA) is 96.0 Å². The van der Waals surface area contributed by atoms with Gasteiger partial charge in [-0.2, -0.15) is 13.2 Å². The quantitative estimate of drug-likeness (QED) is 0.540. The summed E-state index contributed by atoms with van der Waals surface area (Å²) < 4.78 is 40.9. The van der Waals surface area contributed by atoms with Crippen LogP contribution < -0.4 is 21.9 Å². The van der Waals surface area contributed by atoms with Gasteiger partial charge in [-0.05, 0) is 17.7 Å². The lowest BCUT2D eigenvalue weighted by molar-refractivity contribution is -0.156. The van der Waals surface area contributed by atoms with E-state index in [1.54, 1.807) is 42.5 Å². The predicted molar refractivity (Wildman–Crippen MR) is 105 cm³/mol. The fourth-order valence-corrected chi connectivity index (χ4v) is 2.96. The van der Waals surface area contributed by atoms with Crippen molar-refractivity contribution < 1.29 is 18.0 Å². The number of halogens is 3. The number of hydrogen-bond acceptors (Lipinski definition) is 4. The molecule has 0 saturated carbocycles. The number of H-pyrrole nitrogens is 1. The molecule has 1 unspecified atom stereocenters. The van der Waals surface area contributed by atoms with Gasteiger partial charge in [-0.15, -0.1) is 0 Å². The number of aromatic nitrogens is 2. The third-order valence-corrected chi connectivity index (χ3v) is 4.50. The van der Waals surface area contributed by atoms with Gasteiger partial charge in [-0.3, -0.25) is 19.1 Å². The molecule has 0 spiro atoms. The molecule has 0 radical (unpaired) electrons. The number of amides is 1. The maximum absolute atomic E-state index is 13.3. The molecule has 1 heterocycles. The summed E-state index contributed by atoms with van der Waals surface area (Å²) in [6, 6.07) is 12.7. The highest BCUT2D eigenvalue weighted by molar-refractivity contribution is 5.81. The number of nitrogens with one attached hydrogen (secondary N) is 3. The Morgan fingerprint density at radius 1 is 1.03 bits per heavy atom. The Kier molecular flexibility index (Phi) is 6.36. The van der Waals surface area contributed by atoms with Crippen molar-refractivity contribution in [2.75, 3.05) is 6.54 Å². The molecule has 3 N–H and O–H groups in total. The van der Waals surface area contributed by atoms with E-state index >= 15 is 0 Å². The fraction of sp³-hybridized carbons (Fsp3) is 0.250. The van der Waals surface area contributed by atoms with Crippen LogP contribution in [0.1, 0.15) is 5.56 Å². The molecule has 0 aliphatic heterocycles. The molecule has 0 saturated heterocycles. The van der Waals surface area contributed by atoms with Crippen molar-refractivity contribution in [2.24, 2.45) is 0 Å². The van der Waals surface area contributed by atoms with E-state index in [1.807, 2.05) is 0 Å². The van der Waals surface area contributed by atoms with E-state index in [0.717, 1.165) is 4.57 Å². The van der Waals surface area contributed by atoms with Gasteiger partial charge in [-0.1, -0.05) is 42.5 Å². The highest BCUT2D eigenvalue weighted by Gasteiger charge is 2.39. The number of carbonyl (C=O) groups is 1. The predicted octanol–water partition coefficient (Wildman–Crippen LogP) is 1.53. The monoisotopic (exact) mass is 420 g/mol. The Bertz CT molecular complexity index is 1140. The van der Waals surface area contributed by atoms with Gasteiger partial charge in [0.25, 0.3) is 5.56 Å². The average molecular weight is 420 g/mol. The molecule has 1 atom stereocenters. The summed E-state index contributed by atoms with van der Waals surface area (Å²) in [6.07, 6.45) is -4.58. The Morgan fingerprint density at radius 2 is 1.70 bits per heavy atom. The summed E-state index contributed by atoms with van der Waals surface area (Å²) in [5, 5.41) is 4.79. The largest absolute Gasteiger partial charge is 0.405 e. The summed E-state index contributed by atoms with van der Waals surface area (Å²) in [4.78, 5) is 38.3. The molecule has 1 aromatic heterocycles. The number of aromatic amines is 1. The molecule has 3 rings (SSSR count). The number of para-hydroxylation sites is 1. The highest BCUT2D eigenvalue weighted by Crippen LogP contribution is 2.20. The van der Waals surface area contributed by atoms with Crippen molar-refractivity contribution in [1.82, 2.24) is 20.2 Å². The van der Waals surface area contributed by atoms with Gasteiger partial charge in [-0.25, -0.2) is 4.79 Å². The smallest absolute Gasteiger partial charge is 0.353 e. The summed E-state index contributed by atoms with van der Waals surface area (Å²) in [7, 11) is 0. The molecule has 3 aromatic rings. The first-order chi connectivity index (χ1) is 14.3. The molecular formula is C20H19F3N4O3. The Hall–Kier alpha value is -3.40. The molecule has 1 amide bonds. The van der Waals surface area contributed by atoms with E-state index < -0.39 is 42.5 Å². The molecule has 158 valence electrons. The number of carbonyl (C=O) groups excluding carboxylic acids is 1. The number of benzene rings is 2. The average Bonchev–Trinajstić information content (AvgIpc) is 2.71. The van der Waals surface area contributed by atoms with Crippen LogP contribution >= 0.6 is 0 Å². The van der Waals surface area contributed by atoms with Crippen molar-refractivity contribution in [3.8, 4) is 0 Å². The van der Waals surface area contributed by atoms with Crippen LogP contribution in [0.4, 0.5) is 13.2 Å². The van der Waals surface area contributed by atoms with Crippen LogP contribution in [-0.4, -0.2) is 34.2 Å². The minimum Gasteiger partial charge on any atom is -0.353 e. The van der Waals surface area contributed by atoms with Crippen molar-refractivity contribution in [1.29, 1.82) is 0 Å². The first kappa shape index (κ1) is 21.3. The summed E-state index contributed by atoms with van der Waals surface area (Å²) in [5.41, 5.74) is -0.529. The SMILES string of the molecule is O=C(Cn1c(=O)[nH]c(=O)c2ccccc21)NCC(NCc1ccccc1)C(F)(F)F. The number of rotatable bonds is 7. The van der Waals surface area contributed by atoms with Gasteiger partial charge in [0.15, 0.2) is 0 Å². The van der Waals surface area contributed by atoms with Crippen molar-refractivity contribution in [3.63, 3.8) is 0 Å². The van der Waals surface area contributed by atoms with Crippen LogP contribution in [0.15, 0.2) is 64.2 Å². The second-order valence-electron chi connectivity index (χ2n) is 6.63.